The van der Waals surface area contributed by atoms with Crippen molar-refractivity contribution >= 4 is 5.97 Å². The summed E-state index contributed by atoms with van der Waals surface area (Å²) in [6, 6.07) is 2.36. The van der Waals surface area contributed by atoms with Crippen LogP contribution in [0.15, 0.2) is 6.07 Å². The Bertz CT molecular complexity index is 483. The van der Waals surface area contributed by atoms with Gasteiger partial charge in [-0.05, 0) is 6.07 Å². The van der Waals surface area contributed by atoms with Gasteiger partial charge in [0.15, 0.2) is 5.82 Å². The maximum atomic E-state index is 13.2. The number of nitrogens with zero attached hydrogens (tertiary/aromatic N) is 2. The molecule has 0 saturated carbocycles. The summed E-state index contributed by atoms with van der Waals surface area (Å²) in [5.74, 6) is -2.08. The Kier molecular flexibility index (Phi) is 4.04. The van der Waals surface area contributed by atoms with E-state index >= 15 is 0 Å². The van der Waals surface area contributed by atoms with Gasteiger partial charge in [-0.3, -0.25) is 4.79 Å². The number of methoxy groups -OCH3 is 1. The Morgan fingerprint density at radius 2 is 2.29 bits per heavy atom. The van der Waals surface area contributed by atoms with Crippen LogP contribution in [0.5, 0.6) is 0 Å². The van der Waals surface area contributed by atoms with Gasteiger partial charge in [0.2, 0.25) is 0 Å². The monoisotopic (exact) mass is 244 g/mol. The van der Waals surface area contributed by atoms with Gasteiger partial charge < -0.3 is 4.74 Å². The quantitative estimate of drug-likeness (QED) is 0.760. The van der Waals surface area contributed by atoms with E-state index in [4.69, 9.17) is 5.26 Å². The number of halogens is 3. The molecule has 7 heteroatoms. The number of hydrogen-bond acceptors (Lipinski definition) is 4. The fraction of sp³-hybridized carbons (Fsp3) is 0.300. The van der Waals surface area contributed by atoms with Crippen LogP contribution < -0.4 is 0 Å². The van der Waals surface area contributed by atoms with Crippen molar-refractivity contribution in [3.05, 3.63) is 28.8 Å². The Balaban J connectivity index is 3.21. The fourth-order valence-corrected chi connectivity index (χ4v) is 1.14. The zero-order chi connectivity index (χ0) is 13.0. The highest BCUT2D eigenvalue weighted by Gasteiger charge is 2.21. The van der Waals surface area contributed by atoms with Gasteiger partial charge in [0, 0.05) is 0 Å². The summed E-state index contributed by atoms with van der Waals surface area (Å²) < 4.78 is 42.4. The molecule has 0 saturated heterocycles. The summed E-state index contributed by atoms with van der Waals surface area (Å²) in [5, 5.41) is 8.56. The number of aromatic nitrogens is 1. The largest absolute Gasteiger partial charge is 0.469 e. The molecule has 0 unspecified atom stereocenters. The van der Waals surface area contributed by atoms with Gasteiger partial charge >= 0.3 is 5.97 Å². The van der Waals surface area contributed by atoms with Crippen molar-refractivity contribution in [2.45, 2.75) is 12.8 Å². The van der Waals surface area contributed by atoms with Crippen LogP contribution in [0.1, 0.15) is 23.4 Å². The molecule has 0 bridgehead atoms. The lowest BCUT2D eigenvalue weighted by atomic mass is 10.1. The lowest BCUT2D eigenvalue weighted by molar-refractivity contribution is -0.139. The molecular formula is C10H7F3N2O2. The SMILES string of the molecule is COC(=O)Cc1cc(C#N)c(F)c(C(F)F)n1. The first-order valence-electron chi connectivity index (χ1n) is 4.44. The molecule has 0 aromatic carbocycles. The smallest absolute Gasteiger partial charge is 0.311 e. The molecule has 0 radical (unpaired) electrons. The Morgan fingerprint density at radius 1 is 1.65 bits per heavy atom. The molecule has 17 heavy (non-hydrogen) atoms. The number of rotatable bonds is 3. The van der Waals surface area contributed by atoms with E-state index in [0.29, 0.717) is 0 Å². The normalized spacial score (nSPS) is 10.1. The predicted molar refractivity (Wildman–Crippen MR) is 49.6 cm³/mol. The Morgan fingerprint density at radius 3 is 2.76 bits per heavy atom. The van der Waals surface area contributed by atoms with Gasteiger partial charge in [0.25, 0.3) is 6.43 Å². The molecule has 0 amide bonds. The van der Waals surface area contributed by atoms with E-state index in [0.717, 1.165) is 13.2 Å². The molecule has 0 spiro atoms. The zero-order valence-electron chi connectivity index (χ0n) is 8.71. The van der Waals surface area contributed by atoms with Crippen LogP contribution in [-0.4, -0.2) is 18.1 Å². The van der Waals surface area contributed by atoms with Crippen molar-refractivity contribution in [1.29, 1.82) is 5.26 Å². The van der Waals surface area contributed by atoms with Crippen LogP contribution in [0.2, 0.25) is 0 Å². The molecule has 1 heterocycles. The van der Waals surface area contributed by atoms with Gasteiger partial charge in [-0.1, -0.05) is 0 Å². The molecule has 0 aliphatic rings. The van der Waals surface area contributed by atoms with E-state index in [1.807, 2.05) is 0 Å². The third-order valence-corrected chi connectivity index (χ3v) is 1.92. The van der Waals surface area contributed by atoms with Gasteiger partial charge in [-0.25, -0.2) is 18.2 Å². The average Bonchev–Trinajstić information content (AvgIpc) is 2.30. The van der Waals surface area contributed by atoms with Crippen molar-refractivity contribution in [1.82, 2.24) is 4.98 Å². The van der Waals surface area contributed by atoms with E-state index in [9.17, 15) is 18.0 Å². The molecule has 4 nitrogen and oxygen atoms in total. The summed E-state index contributed by atoms with van der Waals surface area (Å²) in [6.45, 7) is 0. The lowest BCUT2D eigenvalue weighted by Crippen LogP contribution is -2.09. The third kappa shape index (κ3) is 2.93. The van der Waals surface area contributed by atoms with Crippen LogP contribution in [0.3, 0.4) is 0 Å². The van der Waals surface area contributed by atoms with Crippen LogP contribution in [-0.2, 0) is 16.0 Å². The highest BCUT2D eigenvalue weighted by molar-refractivity contribution is 5.71. The molecule has 1 aromatic heterocycles. The highest BCUT2D eigenvalue weighted by Crippen LogP contribution is 2.23. The fourth-order valence-electron chi connectivity index (χ4n) is 1.14. The van der Waals surface area contributed by atoms with E-state index < -0.39 is 35.9 Å². The van der Waals surface area contributed by atoms with Gasteiger partial charge in [-0.15, -0.1) is 0 Å². The second-order valence-corrected chi connectivity index (χ2v) is 3.03. The average molecular weight is 244 g/mol. The first kappa shape index (κ1) is 13.0. The number of ether oxygens (including phenoxy) is 1. The van der Waals surface area contributed by atoms with E-state index in [1.54, 1.807) is 0 Å². The number of carbonyl (C=O) groups is 1. The molecule has 0 atom stereocenters. The number of alkyl halides is 2. The van der Waals surface area contributed by atoms with E-state index in [2.05, 4.69) is 9.72 Å². The molecule has 90 valence electrons. The number of carbonyl (C=O) groups excluding carboxylic acids is 1. The Hall–Kier alpha value is -2.10. The van der Waals surface area contributed by atoms with Crippen molar-refractivity contribution < 1.29 is 22.7 Å². The molecule has 1 aromatic rings. The van der Waals surface area contributed by atoms with Crippen molar-refractivity contribution in [2.24, 2.45) is 0 Å². The molecular weight excluding hydrogens is 237 g/mol. The van der Waals surface area contributed by atoms with E-state index in [1.165, 1.54) is 6.07 Å². The summed E-state index contributed by atoms with van der Waals surface area (Å²) in [7, 11) is 1.12. The van der Waals surface area contributed by atoms with Crippen molar-refractivity contribution in [3.8, 4) is 6.07 Å². The minimum atomic E-state index is -3.15. The van der Waals surface area contributed by atoms with E-state index in [-0.39, 0.29) is 5.69 Å². The topological polar surface area (TPSA) is 63.0 Å². The zero-order valence-corrected chi connectivity index (χ0v) is 8.71. The van der Waals surface area contributed by atoms with Crippen LogP contribution in [0.4, 0.5) is 13.2 Å². The second kappa shape index (κ2) is 5.30. The Labute approximate surface area is 94.6 Å². The van der Waals surface area contributed by atoms with Gasteiger partial charge in [0.05, 0.1) is 24.8 Å². The molecule has 0 aliphatic carbocycles. The van der Waals surface area contributed by atoms with Gasteiger partial charge in [-0.2, -0.15) is 5.26 Å². The summed E-state index contributed by atoms with van der Waals surface area (Å²) in [4.78, 5) is 14.2. The van der Waals surface area contributed by atoms with Crippen LogP contribution in [0, 0.1) is 17.1 Å². The van der Waals surface area contributed by atoms with Crippen LogP contribution in [0.25, 0.3) is 0 Å². The minimum Gasteiger partial charge on any atom is -0.469 e. The third-order valence-electron chi connectivity index (χ3n) is 1.92. The molecule has 0 aliphatic heterocycles. The van der Waals surface area contributed by atoms with Crippen LogP contribution >= 0.6 is 0 Å². The van der Waals surface area contributed by atoms with Crippen molar-refractivity contribution in [3.63, 3.8) is 0 Å². The lowest BCUT2D eigenvalue weighted by Gasteiger charge is -2.06. The molecule has 0 fully saturated rings. The number of esters is 1. The van der Waals surface area contributed by atoms with Crippen molar-refractivity contribution in [2.75, 3.05) is 7.11 Å². The summed E-state index contributed by atoms with van der Waals surface area (Å²) in [6.07, 6.45) is -3.55. The predicted octanol–water partition coefficient (Wildman–Crippen LogP) is 1.75. The second-order valence-electron chi connectivity index (χ2n) is 3.03. The molecule has 0 N–H and O–H groups in total. The first-order valence-corrected chi connectivity index (χ1v) is 4.44. The summed E-state index contributed by atoms with van der Waals surface area (Å²) >= 11 is 0. The number of nitriles is 1. The standard InChI is InChI=1S/C10H7F3N2O2/c1-17-7(16)3-6-2-5(4-14)8(11)9(15-6)10(12)13/h2,10H,3H2,1H3. The minimum absolute atomic E-state index is 0.134. The number of pyridine rings is 1. The number of hydrogen-bond donors (Lipinski definition) is 0. The van der Waals surface area contributed by atoms with Gasteiger partial charge in [0.1, 0.15) is 11.8 Å². The molecule has 1 rings (SSSR count). The first-order chi connectivity index (χ1) is 7.99. The highest BCUT2D eigenvalue weighted by atomic mass is 19.3. The maximum Gasteiger partial charge on any atom is 0.311 e. The maximum absolute atomic E-state index is 13.2. The summed E-state index contributed by atoms with van der Waals surface area (Å²) in [5.41, 5.74) is -1.85.